The molecule has 0 bridgehead atoms. The normalized spacial score (nSPS) is 27.2. The van der Waals surface area contributed by atoms with Crippen LogP contribution >= 0.6 is 0 Å². The van der Waals surface area contributed by atoms with Gasteiger partial charge >= 0.3 is 5.69 Å². The number of carbonyl (C=O) groups is 1. The average molecular weight is 264 g/mol. The molecule has 0 spiro atoms. The smallest absolute Gasteiger partial charge is 0.313 e. The van der Waals surface area contributed by atoms with Gasteiger partial charge in [0.05, 0.1) is 5.56 Å². The quantitative estimate of drug-likeness (QED) is 0.827. The molecule has 1 aliphatic rings. The van der Waals surface area contributed by atoms with Gasteiger partial charge in [-0.2, -0.15) is 0 Å². The molecular weight excluding hydrogens is 244 g/mol. The third-order valence-electron chi connectivity index (χ3n) is 4.38. The fourth-order valence-corrected chi connectivity index (χ4v) is 2.96. The van der Waals surface area contributed by atoms with Gasteiger partial charge in [0.15, 0.2) is 5.78 Å². The molecule has 2 rings (SSSR count). The van der Waals surface area contributed by atoms with Crippen LogP contribution in [0.15, 0.2) is 15.8 Å². The Bertz CT molecular complexity index is 599. The molecule has 0 saturated heterocycles. The molecule has 0 radical (unpaired) electrons. The first-order valence-corrected chi connectivity index (χ1v) is 6.78. The zero-order valence-electron chi connectivity index (χ0n) is 11.6. The predicted octanol–water partition coefficient (Wildman–Crippen LogP) is 1.74. The maximum atomic E-state index is 12.3. The highest BCUT2D eigenvalue weighted by atomic mass is 16.2. The van der Waals surface area contributed by atoms with Gasteiger partial charge in [-0.25, -0.2) is 4.79 Å². The lowest BCUT2D eigenvalue weighted by Gasteiger charge is -2.34. The maximum absolute atomic E-state index is 12.3. The van der Waals surface area contributed by atoms with Crippen molar-refractivity contribution in [3.05, 3.63) is 32.6 Å². The number of carbonyl (C=O) groups excluding carboxylic acids is 1. The van der Waals surface area contributed by atoms with Crippen LogP contribution in [0.2, 0.25) is 0 Å². The van der Waals surface area contributed by atoms with E-state index in [0.717, 1.165) is 19.3 Å². The molecule has 1 saturated carbocycles. The van der Waals surface area contributed by atoms with E-state index in [-0.39, 0.29) is 23.3 Å². The first-order valence-electron chi connectivity index (χ1n) is 6.78. The van der Waals surface area contributed by atoms with E-state index in [1.54, 1.807) is 0 Å². The summed E-state index contributed by atoms with van der Waals surface area (Å²) < 4.78 is 1.25. The van der Waals surface area contributed by atoms with Gasteiger partial charge in [-0.1, -0.05) is 26.7 Å². The second-order valence-electron chi connectivity index (χ2n) is 5.57. The monoisotopic (exact) mass is 264 g/mol. The van der Waals surface area contributed by atoms with Crippen LogP contribution in [0.1, 0.15) is 56.4 Å². The number of aromatic amines is 1. The lowest BCUT2D eigenvalue weighted by Crippen LogP contribution is -2.44. The Labute approximate surface area is 111 Å². The van der Waals surface area contributed by atoms with Crippen molar-refractivity contribution in [3.63, 3.8) is 0 Å². The van der Waals surface area contributed by atoms with Crippen molar-refractivity contribution in [2.75, 3.05) is 0 Å². The number of H-pyrrole nitrogens is 1. The number of nitrogens with one attached hydrogen (secondary N) is 1. The lowest BCUT2D eigenvalue weighted by atomic mass is 9.78. The van der Waals surface area contributed by atoms with Gasteiger partial charge in [0.2, 0.25) is 0 Å². The van der Waals surface area contributed by atoms with Crippen molar-refractivity contribution in [2.24, 2.45) is 11.8 Å². The number of ketones is 1. The number of rotatable bonds is 2. The molecule has 104 valence electrons. The summed E-state index contributed by atoms with van der Waals surface area (Å²) in [5.74, 6) is 0.423. The van der Waals surface area contributed by atoms with Crippen LogP contribution in [0.3, 0.4) is 0 Å². The summed E-state index contributed by atoms with van der Waals surface area (Å²) in [5.41, 5.74) is -0.812. The maximum Gasteiger partial charge on any atom is 0.328 e. The van der Waals surface area contributed by atoms with Crippen molar-refractivity contribution in [1.29, 1.82) is 0 Å². The molecule has 19 heavy (non-hydrogen) atoms. The van der Waals surface area contributed by atoms with Gasteiger partial charge in [0.1, 0.15) is 0 Å². The Kier molecular flexibility index (Phi) is 3.73. The van der Waals surface area contributed by atoms with Crippen molar-refractivity contribution >= 4 is 5.78 Å². The van der Waals surface area contributed by atoms with E-state index in [1.165, 1.54) is 17.7 Å². The topological polar surface area (TPSA) is 71.9 Å². The number of hydrogen-bond acceptors (Lipinski definition) is 3. The van der Waals surface area contributed by atoms with E-state index in [4.69, 9.17) is 0 Å². The van der Waals surface area contributed by atoms with Gasteiger partial charge in [0, 0.05) is 12.2 Å². The van der Waals surface area contributed by atoms with Crippen LogP contribution in [-0.4, -0.2) is 15.3 Å². The highest BCUT2D eigenvalue weighted by Crippen LogP contribution is 2.36. The third-order valence-corrected chi connectivity index (χ3v) is 4.38. The number of aromatic nitrogens is 2. The highest BCUT2D eigenvalue weighted by Gasteiger charge is 2.30. The summed E-state index contributed by atoms with van der Waals surface area (Å²) >= 11 is 0. The summed E-state index contributed by atoms with van der Waals surface area (Å²) in [4.78, 5) is 38.2. The van der Waals surface area contributed by atoms with Crippen LogP contribution in [0.25, 0.3) is 0 Å². The van der Waals surface area contributed by atoms with Gasteiger partial charge in [-0.15, -0.1) is 0 Å². The van der Waals surface area contributed by atoms with Crippen molar-refractivity contribution in [1.82, 2.24) is 9.55 Å². The van der Waals surface area contributed by atoms with Crippen LogP contribution in [0.5, 0.6) is 0 Å². The van der Waals surface area contributed by atoms with Crippen LogP contribution in [0.4, 0.5) is 0 Å². The van der Waals surface area contributed by atoms with E-state index >= 15 is 0 Å². The fourth-order valence-electron chi connectivity index (χ4n) is 2.96. The first-order chi connectivity index (χ1) is 8.93. The second kappa shape index (κ2) is 5.15. The summed E-state index contributed by atoms with van der Waals surface area (Å²) in [5, 5.41) is 0. The Morgan fingerprint density at radius 2 is 2.00 bits per heavy atom. The molecule has 1 fully saturated rings. The summed E-state index contributed by atoms with van der Waals surface area (Å²) in [6, 6.07) is -0.112. The molecule has 3 unspecified atom stereocenters. The van der Waals surface area contributed by atoms with Gasteiger partial charge < -0.3 is 4.98 Å². The zero-order valence-corrected chi connectivity index (χ0v) is 11.6. The van der Waals surface area contributed by atoms with E-state index in [2.05, 4.69) is 18.8 Å². The molecule has 1 aromatic heterocycles. The first kappa shape index (κ1) is 13.8. The SMILES string of the molecule is CC(=O)c1c[nH]c(=O)n(C2CCCC(C)C2C)c1=O. The Morgan fingerprint density at radius 1 is 1.32 bits per heavy atom. The number of Topliss-reactive ketones (excluding diaryl/α,β-unsaturated/α-hetero) is 1. The summed E-state index contributed by atoms with van der Waals surface area (Å²) in [6.07, 6.45) is 4.17. The molecule has 1 heterocycles. The van der Waals surface area contributed by atoms with Crippen LogP contribution < -0.4 is 11.2 Å². The molecule has 0 amide bonds. The lowest BCUT2D eigenvalue weighted by molar-refractivity contribution is 0.101. The van der Waals surface area contributed by atoms with Crippen LogP contribution in [0, 0.1) is 11.8 Å². The summed E-state index contributed by atoms with van der Waals surface area (Å²) in [6.45, 7) is 5.55. The molecule has 1 aliphatic carbocycles. The largest absolute Gasteiger partial charge is 0.328 e. The minimum Gasteiger partial charge on any atom is -0.313 e. The molecule has 5 nitrogen and oxygen atoms in total. The number of nitrogens with zero attached hydrogens (tertiary/aromatic N) is 1. The van der Waals surface area contributed by atoms with Gasteiger partial charge in [-0.05, 0) is 25.2 Å². The molecule has 5 heteroatoms. The Hall–Kier alpha value is -1.65. The minimum absolute atomic E-state index is 0.0602. The molecule has 0 aliphatic heterocycles. The molecular formula is C14H20N2O3. The standard InChI is InChI=1S/C14H20N2O3/c1-8-5-4-6-12(9(8)2)16-13(18)11(10(3)17)7-15-14(16)19/h7-9,12H,4-6H2,1-3H3,(H,15,19). The van der Waals surface area contributed by atoms with Gasteiger partial charge in [-0.3, -0.25) is 14.2 Å². The van der Waals surface area contributed by atoms with Crippen molar-refractivity contribution in [2.45, 2.75) is 46.1 Å². The second-order valence-corrected chi connectivity index (χ2v) is 5.57. The van der Waals surface area contributed by atoms with Gasteiger partial charge in [0.25, 0.3) is 5.56 Å². The molecule has 0 aromatic carbocycles. The van der Waals surface area contributed by atoms with Crippen molar-refractivity contribution in [3.8, 4) is 0 Å². The fraction of sp³-hybridized carbons (Fsp3) is 0.643. The molecule has 3 atom stereocenters. The zero-order chi connectivity index (χ0) is 14.2. The molecule has 1 aromatic rings. The third kappa shape index (κ3) is 2.41. The van der Waals surface area contributed by atoms with E-state index < -0.39 is 11.2 Å². The van der Waals surface area contributed by atoms with Crippen molar-refractivity contribution < 1.29 is 4.79 Å². The van der Waals surface area contributed by atoms with E-state index in [9.17, 15) is 14.4 Å². The highest BCUT2D eigenvalue weighted by molar-refractivity contribution is 5.93. The van der Waals surface area contributed by atoms with E-state index in [1.807, 2.05) is 0 Å². The Morgan fingerprint density at radius 3 is 2.63 bits per heavy atom. The van der Waals surface area contributed by atoms with Crippen LogP contribution in [-0.2, 0) is 0 Å². The predicted molar refractivity (Wildman–Crippen MR) is 72.5 cm³/mol. The number of hydrogen-bond donors (Lipinski definition) is 1. The van der Waals surface area contributed by atoms with E-state index in [0.29, 0.717) is 5.92 Å². The minimum atomic E-state index is -0.456. The molecule has 1 N–H and O–H groups in total. The summed E-state index contributed by atoms with van der Waals surface area (Å²) in [7, 11) is 0. The average Bonchev–Trinajstić information content (AvgIpc) is 2.34. The Balaban J connectivity index is 2.56.